The molecule has 2 rings (SSSR count). The highest BCUT2D eigenvalue weighted by Crippen LogP contribution is 2.25. The Morgan fingerprint density at radius 1 is 1.12 bits per heavy atom. The second kappa shape index (κ2) is 4.57. The standard InChI is InChI=1S/C11H7BrF2N2/c12-8-6-15-4-3-11(8)16-7-1-2-9(13)10(14)5-7/h1-6H,(H,15,16). The fourth-order valence-corrected chi connectivity index (χ4v) is 1.56. The summed E-state index contributed by atoms with van der Waals surface area (Å²) in [5.41, 5.74) is 1.21. The van der Waals surface area contributed by atoms with Crippen molar-refractivity contribution >= 4 is 27.3 Å². The number of nitrogens with zero attached hydrogens (tertiary/aromatic N) is 1. The average molecular weight is 285 g/mol. The molecule has 2 nitrogen and oxygen atoms in total. The first-order chi connectivity index (χ1) is 7.66. The van der Waals surface area contributed by atoms with Crippen molar-refractivity contribution in [3.05, 3.63) is 52.8 Å². The van der Waals surface area contributed by atoms with Crippen LogP contribution in [-0.4, -0.2) is 4.98 Å². The number of anilines is 2. The van der Waals surface area contributed by atoms with Gasteiger partial charge in [0.1, 0.15) is 0 Å². The maximum absolute atomic E-state index is 12.9. The van der Waals surface area contributed by atoms with E-state index in [1.807, 2.05) is 0 Å². The van der Waals surface area contributed by atoms with Gasteiger partial charge in [0.2, 0.25) is 0 Å². The predicted octanol–water partition coefficient (Wildman–Crippen LogP) is 3.87. The van der Waals surface area contributed by atoms with Crippen LogP contribution in [-0.2, 0) is 0 Å². The zero-order chi connectivity index (χ0) is 11.5. The number of rotatable bonds is 2. The van der Waals surface area contributed by atoms with Crippen molar-refractivity contribution in [2.75, 3.05) is 5.32 Å². The summed E-state index contributed by atoms with van der Waals surface area (Å²) in [6, 6.07) is 5.37. The van der Waals surface area contributed by atoms with E-state index in [0.29, 0.717) is 5.69 Å². The lowest BCUT2D eigenvalue weighted by Crippen LogP contribution is -1.93. The summed E-state index contributed by atoms with van der Waals surface area (Å²) >= 11 is 3.29. The Bertz CT molecular complexity index is 517. The maximum atomic E-state index is 12.9. The molecule has 1 aromatic carbocycles. The number of pyridine rings is 1. The Balaban J connectivity index is 2.28. The molecule has 0 spiro atoms. The third-order valence-electron chi connectivity index (χ3n) is 1.97. The zero-order valence-corrected chi connectivity index (χ0v) is 9.63. The van der Waals surface area contributed by atoms with Crippen LogP contribution in [0.4, 0.5) is 20.2 Å². The largest absolute Gasteiger partial charge is 0.354 e. The van der Waals surface area contributed by atoms with E-state index in [-0.39, 0.29) is 0 Å². The minimum absolute atomic E-state index is 0.478. The highest BCUT2D eigenvalue weighted by Gasteiger charge is 2.04. The van der Waals surface area contributed by atoms with Gasteiger partial charge in [-0.25, -0.2) is 8.78 Å². The highest BCUT2D eigenvalue weighted by molar-refractivity contribution is 9.10. The third-order valence-corrected chi connectivity index (χ3v) is 2.60. The SMILES string of the molecule is Fc1ccc(Nc2ccncc2Br)cc1F. The molecule has 0 aliphatic rings. The van der Waals surface area contributed by atoms with E-state index in [9.17, 15) is 8.78 Å². The molecule has 0 aliphatic heterocycles. The smallest absolute Gasteiger partial charge is 0.160 e. The quantitative estimate of drug-likeness (QED) is 0.906. The molecule has 2 aromatic rings. The molecule has 0 saturated carbocycles. The lowest BCUT2D eigenvalue weighted by molar-refractivity contribution is 0.509. The zero-order valence-electron chi connectivity index (χ0n) is 8.05. The van der Waals surface area contributed by atoms with Gasteiger partial charge in [-0.05, 0) is 34.1 Å². The van der Waals surface area contributed by atoms with Crippen molar-refractivity contribution in [3.63, 3.8) is 0 Å². The van der Waals surface area contributed by atoms with Crippen molar-refractivity contribution in [1.29, 1.82) is 0 Å². The van der Waals surface area contributed by atoms with Gasteiger partial charge in [0.15, 0.2) is 11.6 Å². The molecular formula is C11H7BrF2N2. The number of nitrogens with one attached hydrogen (secondary N) is 1. The minimum atomic E-state index is -0.879. The van der Waals surface area contributed by atoms with E-state index < -0.39 is 11.6 Å². The van der Waals surface area contributed by atoms with Gasteiger partial charge in [0.25, 0.3) is 0 Å². The lowest BCUT2D eigenvalue weighted by atomic mass is 10.3. The summed E-state index contributed by atoms with van der Waals surface area (Å²) in [6.07, 6.45) is 3.22. The predicted molar refractivity (Wildman–Crippen MR) is 61.6 cm³/mol. The maximum Gasteiger partial charge on any atom is 0.160 e. The normalized spacial score (nSPS) is 10.2. The lowest BCUT2D eigenvalue weighted by Gasteiger charge is -2.07. The number of benzene rings is 1. The van der Waals surface area contributed by atoms with Gasteiger partial charge in [0.05, 0.1) is 10.2 Å². The third kappa shape index (κ3) is 2.36. The summed E-state index contributed by atoms with van der Waals surface area (Å²) in [4.78, 5) is 3.90. The van der Waals surface area contributed by atoms with Gasteiger partial charge >= 0.3 is 0 Å². The van der Waals surface area contributed by atoms with Crippen molar-refractivity contribution in [1.82, 2.24) is 4.98 Å². The number of aromatic nitrogens is 1. The van der Waals surface area contributed by atoms with E-state index in [2.05, 4.69) is 26.2 Å². The van der Waals surface area contributed by atoms with Crippen LogP contribution in [0.5, 0.6) is 0 Å². The first kappa shape index (κ1) is 11.0. The van der Waals surface area contributed by atoms with E-state index in [4.69, 9.17) is 0 Å². The van der Waals surface area contributed by atoms with Crippen molar-refractivity contribution in [2.24, 2.45) is 0 Å². The number of hydrogen-bond acceptors (Lipinski definition) is 2. The van der Waals surface area contributed by atoms with E-state index in [1.165, 1.54) is 6.07 Å². The van der Waals surface area contributed by atoms with E-state index >= 15 is 0 Å². The van der Waals surface area contributed by atoms with Gasteiger partial charge in [-0.2, -0.15) is 0 Å². The van der Waals surface area contributed by atoms with Gasteiger partial charge in [-0.3, -0.25) is 4.98 Å². The molecule has 0 radical (unpaired) electrons. The van der Waals surface area contributed by atoms with Crippen LogP contribution in [0.15, 0.2) is 41.1 Å². The van der Waals surface area contributed by atoms with Crippen LogP contribution in [0.2, 0.25) is 0 Å². The van der Waals surface area contributed by atoms with Crippen molar-refractivity contribution in [2.45, 2.75) is 0 Å². The summed E-state index contributed by atoms with van der Waals surface area (Å²) in [6.45, 7) is 0. The molecule has 0 fully saturated rings. The molecule has 82 valence electrons. The van der Waals surface area contributed by atoms with Gasteiger partial charge in [0, 0.05) is 24.1 Å². The first-order valence-corrected chi connectivity index (χ1v) is 5.28. The summed E-state index contributed by atoms with van der Waals surface area (Å²) in [5, 5.41) is 2.95. The first-order valence-electron chi connectivity index (χ1n) is 4.48. The molecule has 16 heavy (non-hydrogen) atoms. The van der Waals surface area contributed by atoms with Crippen LogP contribution < -0.4 is 5.32 Å². The molecule has 0 unspecified atom stereocenters. The molecule has 1 aromatic heterocycles. The fraction of sp³-hybridized carbons (Fsp3) is 0. The summed E-state index contributed by atoms with van der Waals surface area (Å²) in [7, 11) is 0. The Morgan fingerprint density at radius 2 is 1.94 bits per heavy atom. The molecule has 1 heterocycles. The van der Waals surface area contributed by atoms with Gasteiger partial charge in [-0.1, -0.05) is 0 Å². The minimum Gasteiger partial charge on any atom is -0.354 e. The van der Waals surface area contributed by atoms with Crippen molar-refractivity contribution < 1.29 is 8.78 Å². The topological polar surface area (TPSA) is 24.9 Å². The second-order valence-corrected chi connectivity index (χ2v) is 3.96. The van der Waals surface area contributed by atoms with Gasteiger partial charge in [-0.15, -0.1) is 0 Å². The van der Waals surface area contributed by atoms with Crippen LogP contribution in [0.25, 0.3) is 0 Å². The molecule has 5 heteroatoms. The second-order valence-electron chi connectivity index (χ2n) is 3.11. The molecule has 0 aliphatic carbocycles. The number of hydrogen-bond donors (Lipinski definition) is 1. The van der Waals surface area contributed by atoms with Crippen LogP contribution in [0, 0.1) is 11.6 Å². The molecular weight excluding hydrogens is 278 g/mol. The van der Waals surface area contributed by atoms with Crippen molar-refractivity contribution in [3.8, 4) is 0 Å². The Kier molecular flexibility index (Phi) is 3.14. The fourth-order valence-electron chi connectivity index (χ4n) is 1.21. The van der Waals surface area contributed by atoms with Gasteiger partial charge < -0.3 is 5.32 Å². The van der Waals surface area contributed by atoms with E-state index in [1.54, 1.807) is 18.5 Å². The van der Waals surface area contributed by atoms with Crippen LogP contribution >= 0.6 is 15.9 Å². The molecule has 1 N–H and O–H groups in total. The average Bonchev–Trinajstić information content (AvgIpc) is 2.27. The Hall–Kier alpha value is -1.49. The van der Waals surface area contributed by atoms with Crippen LogP contribution in [0.3, 0.4) is 0 Å². The van der Waals surface area contributed by atoms with E-state index in [0.717, 1.165) is 22.3 Å². The summed E-state index contributed by atoms with van der Waals surface area (Å²) in [5.74, 6) is -1.74. The molecule has 0 atom stereocenters. The van der Waals surface area contributed by atoms with Crippen LogP contribution in [0.1, 0.15) is 0 Å². The Morgan fingerprint density at radius 3 is 2.62 bits per heavy atom. The number of halogens is 3. The molecule has 0 bridgehead atoms. The molecule has 0 amide bonds. The molecule has 0 saturated heterocycles. The Labute approximate surface area is 99.5 Å². The summed E-state index contributed by atoms with van der Waals surface area (Å²) < 4.78 is 26.4. The highest BCUT2D eigenvalue weighted by atomic mass is 79.9. The monoisotopic (exact) mass is 284 g/mol.